The molecule has 1 unspecified atom stereocenters. The van der Waals surface area contributed by atoms with Crippen LogP contribution in [-0.2, 0) is 6.42 Å². The zero-order valence-corrected chi connectivity index (χ0v) is 12.5. The topological polar surface area (TPSA) is 29.5 Å². The van der Waals surface area contributed by atoms with Gasteiger partial charge in [-0.05, 0) is 41.5 Å². The molecule has 1 N–H and O–H groups in total. The fraction of sp³-hybridized carbons (Fsp3) is 0.571. The molecule has 1 aromatic rings. The van der Waals surface area contributed by atoms with E-state index in [1.54, 1.807) is 7.11 Å². The number of ether oxygens (including phenoxy) is 1. The summed E-state index contributed by atoms with van der Waals surface area (Å²) in [6.07, 6.45) is 0.832. The molecule has 0 aliphatic carbocycles. The summed E-state index contributed by atoms with van der Waals surface area (Å²) in [5, 5.41) is 9.59. The van der Waals surface area contributed by atoms with Gasteiger partial charge in [-0.25, -0.2) is 0 Å². The van der Waals surface area contributed by atoms with Crippen LogP contribution in [0.3, 0.4) is 0 Å². The molecule has 1 aromatic carbocycles. The van der Waals surface area contributed by atoms with Crippen LogP contribution in [0.5, 0.6) is 5.75 Å². The monoisotopic (exact) mass is 300 g/mol. The second kappa shape index (κ2) is 5.87. The first-order valence-electron chi connectivity index (χ1n) is 5.86. The third-order valence-corrected chi connectivity index (χ3v) is 4.38. The van der Waals surface area contributed by atoms with Crippen molar-refractivity contribution in [3.8, 4) is 5.75 Å². The number of benzene rings is 1. The van der Waals surface area contributed by atoms with Crippen LogP contribution >= 0.6 is 15.9 Å². The van der Waals surface area contributed by atoms with Gasteiger partial charge in [-0.3, -0.25) is 0 Å². The van der Waals surface area contributed by atoms with Crippen molar-refractivity contribution in [2.24, 2.45) is 11.3 Å². The summed E-state index contributed by atoms with van der Waals surface area (Å²) >= 11 is 3.55. The first-order chi connectivity index (χ1) is 7.92. The molecule has 3 heteroatoms. The number of methoxy groups -OCH3 is 1. The molecular weight excluding hydrogens is 280 g/mol. The van der Waals surface area contributed by atoms with Gasteiger partial charge in [-0.1, -0.05) is 36.7 Å². The summed E-state index contributed by atoms with van der Waals surface area (Å²) in [5.74, 6) is 1.28. The second-order valence-corrected chi connectivity index (χ2v) is 5.96. The Kier molecular flexibility index (Phi) is 5.02. The summed E-state index contributed by atoms with van der Waals surface area (Å²) < 4.78 is 6.30. The van der Waals surface area contributed by atoms with Crippen LogP contribution in [0.15, 0.2) is 22.7 Å². The van der Waals surface area contributed by atoms with Crippen LogP contribution in [-0.4, -0.2) is 18.8 Å². The van der Waals surface area contributed by atoms with E-state index in [-0.39, 0.29) is 12.0 Å². The zero-order valence-electron chi connectivity index (χ0n) is 11.0. The van der Waals surface area contributed by atoms with E-state index >= 15 is 0 Å². The fourth-order valence-electron chi connectivity index (χ4n) is 1.69. The number of halogens is 1. The van der Waals surface area contributed by atoms with Crippen LogP contribution in [0.25, 0.3) is 0 Å². The van der Waals surface area contributed by atoms with E-state index in [9.17, 15) is 5.11 Å². The van der Waals surface area contributed by atoms with E-state index in [1.807, 2.05) is 18.2 Å². The van der Waals surface area contributed by atoms with Crippen molar-refractivity contribution in [1.29, 1.82) is 0 Å². The lowest BCUT2D eigenvalue weighted by atomic mass is 9.75. The minimum Gasteiger partial charge on any atom is -0.497 e. The van der Waals surface area contributed by atoms with Crippen molar-refractivity contribution in [2.75, 3.05) is 13.7 Å². The molecule has 0 aliphatic rings. The summed E-state index contributed by atoms with van der Waals surface area (Å²) in [7, 11) is 1.67. The summed E-state index contributed by atoms with van der Waals surface area (Å²) in [6.45, 7) is 6.59. The van der Waals surface area contributed by atoms with E-state index in [1.165, 1.54) is 5.56 Å². The zero-order chi connectivity index (χ0) is 13.1. The molecule has 0 aliphatic heterocycles. The Hall–Kier alpha value is -0.540. The van der Waals surface area contributed by atoms with Gasteiger partial charge >= 0.3 is 0 Å². The summed E-state index contributed by atoms with van der Waals surface area (Å²) in [6, 6.07) is 5.95. The highest BCUT2D eigenvalue weighted by atomic mass is 79.9. The van der Waals surface area contributed by atoms with E-state index in [0.717, 1.165) is 16.6 Å². The van der Waals surface area contributed by atoms with E-state index in [0.29, 0.717) is 5.92 Å². The third-order valence-electron chi connectivity index (χ3n) is 3.60. The predicted octanol–water partition coefficient (Wildman–Crippen LogP) is 3.65. The minimum atomic E-state index is -0.102. The van der Waals surface area contributed by atoms with E-state index in [4.69, 9.17) is 4.74 Å². The van der Waals surface area contributed by atoms with Gasteiger partial charge in [0.15, 0.2) is 0 Å². The minimum absolute atomic E-state index is 0.102. The first-order valence-corrected chi connectivity index (χ1v) is 6.65. The lowest BCUT2D eigenvalue weighted by molar-refractivity contribution is 0.0945. The number of hydrogen-bond donors (Lipinski definition) is 1. The Morgan fingerprint density at radius 1 is 1.41 bits per heavy atom. The van der Waals surface area contributed by atoms with Crippen molar-refractivity contribution in [3.63, 3.8) is 0 Å². The van der Waals surface area contributed by atoms with Gasteiger partial charge in [0.25, 0.3) is 0 Å². The molecule has 1 atom stereocenters. The average molecular weight is 301 g/mol. The summed E-state index contributed by atoms with van der Waals surface area (Å²) in [4.78, 5) is 0. The number of aliphatic hydroxyl groups is 1. The van der Waals surface area contributed by atoms with Crippen LogP contribution in [0, 0.1) is 11.3 Å². The maximum absolute atomic E-state index is 9.59. The number of hydrogen-bond acceptors (Lipinski definition) is 2. The molecule has 0 aromatic heterocycles. The van der Waals surface area contributed by atoms with Crippen LogP contribution in [0.2, 0.25) is 0 Å². The highest BCUT2D eigenvalue weighted by Gasteiger charge is 2.28. The SMILES string of the molecule is COc1ccc(Br)c(CC(C)(CO)C(C)C)c1. The highest BCUT2D eigenvalue weighted by Crippen LogP contribution is 2.34. The van der Waals surface area contributed by atoms with E-state index < -0.39 is 0 Å². The van der Waals surface area contributed by atoms with Crippen molar-refractivity contribution >= 4 is 15.9 Å². The maximum atomic E-state index is 9.59. The van der Waals surface area contributed by atoms with Gasteiger partial charge < -0.3 is 9.84 Å². The Balaban J connectivity index is 3.00. The van der Waals surface area contributed by atoms with Crippen LogP contribution < -0.4 is 4.74 Å². The molecule has 0 fully saturated rings. The van der Waals surface area contributed by atoms with Gasteiger partial charge in [0, 0.05) is 11.1 Å². The normalized spacial score (nSPS) is 14.8. The smallest absolute Gasteiger partial charge is 0.119 e. The molecule has 17 heavy (non-hydrogen) atoms. The Morgan fingerprint density at radius 3 is 2.53 bits per heavy atom. The number of rotatable bonds is 5. The molecule has 0 amide bonds. The molecule has 0 saturated carbocycles. The largest absolute Gasteiger partial charge is 0.497 e. The van der Waals surface area contributed by atoms with Crippen molar-refractivity contribution in [2.45, 2.75) is 27.2 Å². The van der Waals surface area contributed by atoms with Crippen LogP contribution in [0.4, 0.5) is 0 Å². The fourth-order valence-corrected chi connectivity index (χ4v) is 2.08. The van der Waals surface area contributed by atoms with Gasteiger partial charge in [0.2, 0.25) is 0 Å². The average Bonchev–Trinajstić information content (AvgIpc) is 2.31. The number of aliphatic hydroxyl groups excluding tert-OH is 1. The molecule has 0 bridgehead atoms. The first kappa shape index (κ1) is 14.5. The molecule has 0 heterocycles. The molecule has 2 nitrogen and oxygen atoms in total. The predicted molar refractivity (Wildman–Crippen MR) is 74.4 cm³/mol. The Labute approximate surface area is 112 Å². The molecule has 96 valence electrons. The Bertz CT molecular complexity index is 376. The van der Waals surface area contributed by atoms with Gasteiger partial charge in [0.1, 0.15) is 5.75 Å². The second-order valence-electron chi connectivity index (χ2n) is 5.10. The molecule has 0 saturated heterocycles. The standard InChI is InChI=1S/C14H21BrO2/c1-10(2)14(3,9-16)8-11-7-12(17-4)5-6-13(11)15/h5-7,10,16H,8-9H2,1-4H3. The lowest BCUT2D eigenvalue weighted by Gasteiger charge is -2.32. The molecule has 0 radical (unpaired) electrons. The van der Waals surface area contributed by atoms with Gasteiger partial charge in [0.05, 0.1) is 7.11 Å². The maximum Gasteiger partial charge on any atom is 0.119 e. The lowest BCUT2D eigenvalue weighted by Crippen LogP contribution is -2.30. The quantitative estimate of drug-likeness (QED) is 0.899. The molecule has 0 spiro atoms. The van der Waals surface area contributed by atoms with Crippen molar-refractivity contribution < 1.29 is 9.84 Å². The third kappa shape index (κ3) is 3.46. The van der Waals surface area contributed by atoms with Gasteiger partial charge in [-0.2, -0.15) is 0 Å². The molecule has 1 rings (SSSR count). The van der Waals surface area contributed by atoms with Crippen molar-refractivity contribution in [1.82, 2.24) is 0 Å². The Morgan fingerprint density at radius 2 is 2.06 bits per heavy atom. The van der Waals surface area contributed by atoms with Crippen molar-refractivity contribution in [3.05, 3.63) is 28.2 Å². The highest BCUT2D eigenvalue weighted by molar-refractivity contribution is 9.10. The van der Waals surface area contributed by atoms with Crippen LogP contribution in [0.1, 0.15) is 26.3 Å². The summed E-state index contributed by atoms with van der Waals surface area (Å²) in [5.41, 5.74) is 1.07. The van der Waals surface area contributed by atoms with Gasteiger partial charge in [-0.15, -0.1) is 0 Å². The van der Waals surface area contributed by atoms with E-state index in [2.05, 4.69) is 36.7 Å². The molecular formula is C14H21BrO2.